The molecule has 2 heterocycles. The van der Waals surface area contributed by atoms with Crippen molar-refractivity contribution in [3.8, 4) is 22.5 Å². The Balaban J connectivity index is 1.42. The van der Waals surface area contributed by atoms with Crippen molar-refractivity contribution in [3.05, 3.63) is 93.9 Å². The molecule has 0 fully saturated rings. The Morgan fingerprint density at radius 3 is 2.05 bits per heavy atom. The largest absolute Gasteiger partial charge is 0.480 e. The molecule has 4 aromatic rings. The van der Waals surface area contributed by atoms with Crippen LogP contribution in [0.1, 0.15) is 53.4 Å². The summed E-state index contributed by atoms with van der Waals surface area (Å²) in [7, 11) is 0. The third-order valence-corrected chi connectivity index (χ3v) is 7.45. The smallest absolute Gasteiger partial charge is 0.326 e. The van der Waals surface area contributed by atoms with Crippen LogP contribution in [-0.2, 0) is 23.1 Å². The number of hydrogen-bond acceptors (Lipinski definition) is 5. The van der Waals surface area contributed by atoms with Crippen LogP contribution in [0.15, 0.2) is 73.1 Å². The first-order valence-corrected chi connectivity index (χ1v) is 13.1. The van der Waals surface area contributed by atoms with Crippen molar-refractivity contribution in [2.24, 2.45) is 0 Å². The summed E-state index contributed by atoms with van der Waals surface area (Å²) in [5.74, 6) is -0.844. The summed E-state index contributed by atoms with van der Waals surface area (Å²) in [6, 6.07) is 18.5. The highest BCUT2D eigenvalue weighted by Crippen LogP contribution is 2.26. The molecule has 2 aromatic heterocycles. The lowest BCUT2D eigenvalue weighted by molar-refractivity contribution is -0.139. The molecule has 0 aliphatic carbocycles. The molecule has 4 rings (SSSR count). The van der Waals surface area contributed by atoms with Crippen LogP contribution in [0.4, 0.5) is 0 Å². The van der Waals surface area contributed by atoms with E-state index in [0.717, 1.165) is 33.6 Å². The molecule has 0 saturated heterocycles. The average Bonchev–Trinajstić information content (AvgIpc) is 3.38. The van der Waals surface area contributed by atoms with Crippen molar-refractivity contribution in [1.29, 1.82) is 0 Å². The lowest BCUT2D eigenvalue weighted by atomic mass is 9.86. The molecule has 0 saturated carbocycles. The zero-order chi connectivity index (χ0) is 26.6. The minimum atomic E-state index is -1.07. The third-order valence-electron chi connectivity index (χ3n) is 6.23. The van der Waals surface area contributed by atoms with Crippen LogP contribution in [-0.4, -0.2) is 33.0 Å². The zero-order valence-electron chi connectivity index (χ0n) is 21.5. The molecule has 2 aromatic carbocycles. The molecule has 0 radical (unpaired) electrons. The van der Waals surface area contributed by atoms with Crippen molar-refractivity contribution in [1.82, 2.24) is 15.3 Å². The van der Waals surface area contributed by atoms with E-state index in [4.69, 9.17) is 0 Å². The maximum atomic E-state index is 12.5. The van der Waals surface area contributed by atoms with E-state index < -0.39 is 12.0 Å². The normalized spacial score (nSPS) is 12.2. The number of benzene rings is 2. The standard InChI is InChI=1S/C30H31N3O3S/c1-5-24-14-15-26(37-24)28(34)33-25(29(35)36)16-19-6-8-21(9-7-19)27-31-17-22(18-32-27)20-10-12-23(13-11-20)30(2,3)4/h6-15,17-18,25H,5,16H2,1-4H3,(H,33,34)(H,35,36). The molecule has 7 heteroatoms. The van der Waals surface area contributed by atoms with Crippen LogP contribution in [0, 0.1) is 0 Å². The number of hydrogen-bond donors (Lipinski definition) is 2. The summed E-state index contributed by atoms with van der Waals surface area (Å²) in [6.07, 6.45) is 4.64. The number of thiophene rings is 1. The van der Waals surface area contributed by atoms with E-state index in [2.05, 4.69) is 60.3 Å². The van der Waals surface area contributed by atoms with E-state index in [0.29, 0.717) is 10.7 Å². The summed E-state index contributed by atoms with van der Waals surface area (Å²) in [6.45, 7) is 8.59. The van der Waals surface area contributed by atoms with Gasteiger partial charge < -0.3 is 10.4 Å². The Morgan fingerprint density at radius 2 is 1.51 bits per heavy atom. The van der Waals surface area contributed by atoms with Gasteiger partial charge in [-0.1, -0.05) is 76.2 Å². The number of amides is 1. The average molecular weight is 514 g/mol. The Bertz CT molecular complexity index is 1370. The number of nitrogens with one attached hydrogen (secondary N) is 1. The van der Waals surface area contributed by atoms with Crippen molar-refractivity contribution in [2.75, 3.05) is 0 Å². The van der Waals surface area contributed by atoms with Gasteiger partial charge in [-0.15, -0.1) is 11.3 Å². The molecule has 0 aliphatic rings. The lowest BCUT2D eigenvalue weighted by Gasteiger charge is -2.19. The van der Waals surface area contributed by atoms with Gasteiger partial charge in [-0.3, -0.25) is 4.79 Å². The fourth-order valence-electron chi connectivity index (χ4n) is 3.93. The van der Waals surface area contributed by atoms with Crippen LogP contribution < -0.4 is 5.32 Å². The summed E-state index contributed by atoms with van der Waals surface area (Å²) in [5, 5.41) is 12.3. The summed E-state index contributed by atoms with van der Waals surface area (Å²) < 4.78 is 0. The van der Waals surface area contributed by atoms with Gasteiger partial charge in [-0.2, -0.15) is 0 Å². The van der Waals surface area contributed by atoms with Crippen molar-refractivity contribution in [2.45, 2.75) is 52.0 Å². The van der Waals surface area contributed by atoms with Gasteiger partial charge in [0.05, 0.1) is 4.88 Å². The number of aliphatic carboxylic acids is 1. The fraction of sp³-hybridized carbons (Fsp3) is 0.267. The van der Waals surface area contributed by atoms with Crippen molar-refractivity contribution >= 4 is 23.2 Å². The molecule has 0 bridgehead atoms. The minimum absolute atomic E-state index is 0.101. The van der Waals surface area contributed by atoms with Gasteiger partial charge in [0.2, 0.25) is 0 Å². The topological polar surface area (TPSA) is 92.2 Å². The summed E-state index contributed by atoms with van der Waals surface area (Å²) in [5.41, 5.74) is 5.01. The number of rotatable bonds is 8. The molecule has 1 unspecified atom stereocenters. The second-order valence-corrected chi connectivity index (χ2v) is 11.2. The highest BCUT2D eigenvalue weighted by molar-refractivity contribution is 7.14. The van der Waals surface area contributed by atoms with Crippen LogP contribution in [0.25, 0.3) is 22.5 Å². The van der Waals surface area contributed by atoms with Crippen LogP contribution in [0.2, 0.25) is 0 Å². The van der Waals surface area contributed by atoms with Gasteiger partial charge in [0, 0.05) is 34.8 Å². The zero-order valence-corrected chi connectivity index (χ0v) is 22.3. The molecule has 1 amide bonds. The molecule has 0 aliphatic heterocycles. The summed E-state index contributed by atoms with van der Waals surface area (Å²) >= 11 is 1.38. The number of aromatic nitrogens is 2. The van der Waals surface area contributed by atoms with Gasteiger partial charge in [0.25, 0.3) is 5.91 Å². The molecule has 0 spiro atoms. The first-order valence-electron chi connectivity index (χ1n) is 12.3. The molecular weight excluding hydrogens is 482 g/mol. The van der Waals surface area contributed by atoms with Gasteiger partial charge in [-0.25, -0.2) is 14.8 Å². The van der Waals surface area contributed by atoms with Gasteiger partial charge in [0.15, 0.2) is 5.82 Å². The second kappa shape index (κ2) is 11.0. The molecule has 2 N–H and O–H groups in total. The molecule has 6 nitrogen and oxygen atoms in total. The maximum absolute atomic E-state index is 12.5. The highest BCUT2D eigenvalue weighted by atomic mass is 32.1. The van der Waals surface area contributed by atoms with Gasteiger partial charge >= 0.3 is 5.97 Å². The summed E-state index contributed by atoms with van der Waals surface area (Å²) in [4.78, 5) is 35.0. The number of nitrogens with zero attached hydrogens (tertiary/aromatic N) is 2. The Hall–Kier alpha value is -3.84. The van der Waals surface area contributed by atoms with Crippen LogP contribution >= 0.6 is 11.3 Å². The number of aryl methyl sites for hydroxylation is 1. The van der Waals surface area contributed by atoms with E-state index in [1.165, 1.54) is 16.9 Å². The lowest BCUT2D eigenvalue weighted by Crippen LogP contribution is -2.42. The first kappa shape index (κ1) is 26.2. The highest BCUT2D eigenvalue weighted by Gasteiger charge is 2.22. The quantitative estimate of drug-likeness (QED) is 0.294. The first-order chi connectivity index (χ1) is 17.6. The number of carbonyl (C=O) groups is 2. The van der Waals surface area contributed by atoms with Crippen molar-refractivity contribution < 1.29 is 14.7 Å². The molecule has 190 valence electrons. The number of carbonyl (C=O) groups excluding carboxylic acids is 1. The van der Waals surface area contributed by atoms with Gasteiger partial charge in [0.1, 0.15) is 6.04 Å². The predicted molar refractivity (Wildman–Crippen MR) is 148 cm³/mol. The fourth-order valence-corrected chi connectivity index (χ4v) is 4.78. The predicted octanol–water partition coefficient (Wildman–Crippen LogP) is 6.16. The number of carboxylic acids is 1. The Kier molecular flexibility index (Phi) is 7.83. The monoisotopic (exact) mass is 513 g/mol. The minimum Gasteiger partial charge on any atom is -0.480 e. The molecule has 1 atom stereocenters. The van der Waals surface area contributed by atoms with E-state index in [1.807, 2.05) is 49.6 Å². The van der Waals surface area contributed by atoms with Crippen molar-refractivity contribution in [3.63, 3.8) is 0 Å². The SMILES string of the molecule is CCc1ccc(C(=O)NC(Cc2ccc(-c3ncc(-c4ccc(C(C)(C)C)cc4)cn3)cc2)C(=O)O)s1. The van der Waals surface area contributed by atoms with Crippen LogP contribution in [0.5, 0.6) is 0 Å². The molecule has 37 heavy (non-hydrogen) atoms. The Labute approximate surface area is 221 Å². The molecular formula is C30H31N3O3S. The van der Waals surface area contributed by atoms with E-state index >= 15 is 0 Å². The van der Waals surface area contributed by atoms with E-state index in [1.54, 1.807) is 6.07 Å². The third kappa shape index (κ3) is 6.49. The second-order valence-electron chi connectivity index (χ2n) is 10.0. The number of carboxylic acid groups (broad SMARTS) is 1. The maximum Gasteiger partial charge on any atom is 0.326 e. The van der Waals surface area contributed by atoms with E-state index in [-0.39, 0.29) is 17.7 Å². The van der Waals surface area contributed by atoms with E-state index in [9.17, 15) is 14.7 Å². The van der Waals surface area contributed by atoms with Crippen LogP contribution in [0.3, 0.4) is 0 Å². The Morgan fingerprint density at radius 1 is 0.892 bits per heavy atom. The van der Waals surface area contributed by atoms with Gasteiger partial charge in [-0.05, 0) is 40.7 Å².